The predicted octanol–water partition coefficient (Wildman–Crippen LogP) is 5.17. The van der Waals surface area contributed by atoms with Gasteiger partial charge in [0.2, 0.25) is 0 Å². The first kappa shape index (κ1) is 27.4. The number of aldehydes is 1. The van der Waals surface area contributed by atoms with Crippen LogP contribution in [0.4, 0.5) is 5.69 Å². The van der Waals surface area contributed by atoms with Gasteiger partial charge in [-0.2, -0.15) is 0 Å². The quantitative estimate of drug-likeness (QED) is 0.162. The highest BCUT2D eigenvalue weighted by Gasteiger charge is 2.13. The molecule has 3 rings (SSSR count). The van der Waals surface area contributed by atoms with Crippen molar-refractivity contribution in [2.24, 2.45) is 5.73 Å². The molecule has 3 aromatic rings. The van der Waals surface area contributed by atoms with Gasteiger partial charge in [0.25, 0.3) is 5.91 Å². The molecule has 0 atom stereocenters. The Balaban J connectivity index is 1.63. The number of aromatic nitrogens is 1. The topological polar surface area (TPSA) is 116 Å². The number of hydrogen-bond acceptors (Lipinski definition) is 8. The second-order valence-corrected chi connectivity index (χ2v) is 8.83. The molecule has 0 bridgehead atoms. The van der Waals surface area contributed by atoms with Gasteiger partial charge in [-0.3, -0.25) is 9.59 Å². The molecule has 0 radical (unpaired) electrons. The number of ether oxygens (including phenoxy) is 2. The van der Waals surface area contributed by atoms with Crippen LogP contribution in [0.5, 0.6) is 11.5 Å². The van der Waals surface area contributed by atoms with E-state index in [2.05, 4.69) is 22.2 Å². The van der Waals surface area contributed by atoms with Crippen molar-refractivity contribution in [1.29, 1.82) is 0 Å². The number of carbonyl (C=O) groups excluding carboxylic acids is 2. The van der Waals surface area contributed by atoms with Gasteiger partial charge in [-0.15, -0.1) is 11.3 Å². The molecule has 0 saturated heterocycles. The van der Waals surface area contributed by atoms with E-state index >= 15 is 0 Å². The molecule has 0 saturated carbocycles. The zero-order chi connectivity index (χ0) is 26.6. The maximum absolute atomic E-state index is 12.8. The van der Waals surface area contributed by atoms with Gasteiger partial charge in [0, 0.05) is 35.8 Å². The van der Waals surface area contributed by atoms with Gasteiger partial charge in [0.05, 0.1) is 17.8 Å². The van der Waals surface area contributed by atoms with Crippen molar-refractivity contribution >= 4 is 34.8 Å². The van der Waals surface area contributed by atoms with Crippen LogP contribution in [0.15, 0.2) is 79.2 Å². The van der Waals surface area contributed by atoms with Crippen molar-refractivity contribution in [1.82, 2.24) is 10.3 Å². The zero-order valence-electron chi connectivity index (χ0n) is 20.8. The summed E-state index contributed by atoms with van der Waals surface area (Å²) in [7, 11) is 1.74. The summed E-state index contributed by atoms with van der Waals surface area (Å²) >= 11 is 1.49. The summed E-state index contributed by atoms with van der Waals surface area (Å²) in [6, 6.07) is 12.0. The van der Waals surface area contributed by atoms with Crippen molar-refractivity contribution in [3.05, 3.63) is 100 Å². The molecule has 2 aromatic carbocycles. The molecule has 9 heteroatoms. The number of rotatable bonds is 13. The Labute approximate surface area is 220 Å². The third-order valence-electron chi connectivity index (χ3n) is 5.17. The number of amides is 1. The molecule has 0 spiro atoms. The number of nitrogens with two attached hydrogens (primary N) is 1. The van der Waals surface area contributed by atoms with E-state index in [9.17, 15) is 9.59 Å². The van der Waals surface area contributed by atoms with Crippen LogP contribution in [0.1, 0.15) is 37.5 Å². The van der Waals surface area contributed by atoms with Gasteiger partial charge >= 0.3 is 0 Å². The van der Waals surface area contributed by atoms with Gasteiger partial charge in [0.15, 0.2) is 12.0 Å². The van der Waals surface area contributed by atoms with E-state index in [0.717, 1.165) is 21.7 Å². The number of para-hydroxylation sites is 1. The van der Waals surface area contributed by atoms with E-state index in [-0.39, 0.29) is 5.91 Å². The Morgan fingerprint density at radius 1 is 1.19 bits per heavy atom. The number of thiazole rings is 1. The fourth-order valence-corrected chi connectivity index (χ4v) is 4.16. The van der Waals surface area contributed by atoms with Gasteiger partial charge in [-0.05, 0) is 49.4 Å². The number of nitrogens with zero attached hydrogens (tertiary/aromatic N) is 1. The predicted molar refractivity (Wildman–Crippen MR) is 148 cm³/mol. The van der Waals surface area contributed by atoms with Crippen LogP contribution in [0, 0.1) is 0 Å². The van der Waals surface area contributed by atoms with Crippen LogP contribution in [-0.4, -0.2) is 37.4 Å². The lowest BCUT2D eigenvalue weighted by molar-refractivity contribution is 0.0951. The Morgan fingerprint density at radius 3 is 2.73 bits per heavy atom. The molecule has 192 valence electrons. The van der Waals surface area contributed by atoms with Crippen LogP contribution in [0.25, 0.3) is 5.57 Å². The third kappa shape index (κ3) is 7.63. The number of benzene rings is 2. The summed E-state index contributed by atoms with van der Waals surface area (Å²) < 4.78 is 11.3. The summed E-state index contributed by atoms with van der Waals surface area (Å²) in [5.74, 6) is 1.24. The minimum Gasteiger partial charge on any atom is -0.493 e. The Morgan fingerprint density at radius 2 is 2.00 bits per heavy atom. The molecule has 37 heavy (non-hydrogen) atoms. The van der Waals surface area contributed by atoms with Gasteiger partial charge in [-0.1, -0.05) is 24.8 Å². The molecule has 0 aliphatic carbocycles. The lowest BCUT2D eigenvalue weighted by Gasteiger charge is -2.13. The number of nitrogens with one attached hydrogen (secondary N) is 2. The third-order valence-corrected chi connectivity index (χ3v) is 6.21. The van der Waals surface area contributed by atoms with E-state index in [1.54, 1.807) is 61.8 Å². The Bertz CT molecular complexity index is 1310. The first-order valence-electron chi connectivity index (χ1n) is 11.6. The smallest absolute Gasteiger partial charge is 0.251 e. The number of carbonyl (C=O) groups is 2. The van der Waals surface area contributed by atoms with Gasteiger partial charge in [-0.25, -0.2) is 4.98 Å². The maximum atomic E-state index is 12.8. The summed E-state index contributed by atoms with van der Waals surface area (Å²) in [4.78, 5) is 29.5. The second-order valence-electron chi connectivity index (χ2n) is 7.71. The van der Waals surface area contributed by atoms with E-state index in [4.69, 9.17) is 15.2 Å². The second kappa shape index (κ2) is 13.8. The largest absolute Gasteiger partial charge is 0.493 e. The highest BCUT2D eigenvalue weighted by Crippen LogP contribution is 2.32. The summed E-state index contributed by atoms with van der Waals surface area (Å²) in [6.07, 6.45) is 8.10. The normalized spacial score (nSPS) is 11.3. The summed E-state index contributed by atoms with van der Waals surface area (Å²) in [5, 5.41) is 6.79. The lowest BCUT2D eigenvalue weighted by Crippen LogP contribution is -2.22. The first-order chi connectivity index (χ1) is 18.0. The Hall–Kier alpha value is -4.21. The standard InChI is InChI=1S/C28H30N4O4S/c1-4-20(10-9-19(2)35-14-13-29)28-32-17-23(37-28)16-31-27(34)21-11-12-26(24(15-21)30-3)36-25-8-6-5-7-22(25)18-33/h4-12,15,17-18,30H,2,13-14,16,29H2,1,3H3,(H,31,34)/b10-9-,20-4+. The van der Waals surface area contributed by atoms with E-state index in [1.165, 1.54) is 11.3 Å². The van der Waals surface area contributed by atoms with Gasteiger partial charge < -0.3 is 25.8 Å². The highest BCUT2D eigenvalue weighted by atomic mass is 32.1. The summed E-state index contributed by atoms with van der Waals surface area (Å²) in [6.45, 7) is 6.94. The monoisotopic (exact) mass is 518 g/mol. The zero-order valence-corrected chi connectivity index (χ0v) is 21.6. The molecular formula is C28H30N4O4S. The lowest BCUT2D eigenvalue weighted by atomic mass is 10.1. The molecule has 0 fully saturated rings. The van der Waals surface area contributed by atoms with Crippen LogP contribution >= 0.6 is 11.3 Å². The van der Waals surface area contributed by atoms with E-state index < -0.39 is 0 Å². The van der Waals surface area contributed by atoms with Crippen LogP contribution in [0.3, 0.4) is 0 Å². The van der Waals surface area contributed by atoms with E-state index in [0.29, 0.717) is 53.8 Å². The highest BCUT2D eigenvalue weighted by molar-refractivity contribution is 7.12. The minimum absolute atomic E-state index is 0.231. The molecule has 8 nitrogen and oxygen atoms in total. The number of hydrogen-bond donors (Lipinski definition) is 3. The fourth-order valence-electron chi connectivity index (χ4n) is 3.25. The fraction of sp³-hybridized carbons (Fsp3) is 0.179. The number of allylic oxidation sites excluding steroid dienone is 4. The number of anilines is 1. The van der Waals surface area contributed by atoms with Gasteiger partial charge in [0.1, 0.15) is 23.1 Å². The SMILES string of the molecule is C=C(/C=C\C(=C/C)c1ncc(CNC(=O)c2ccc(Oc3ccccc3C=O)c(NC)c2)s1)OCCN. The molecule has 1 amide bonds. The molecule has 0 aliphatic heterocycles. The van der Waals surface area contributed by atoms with Crippen LogP contribution in [0.2, 0.25) is 0 Å². The van der Waals surface area contributed by atoms with Crippen molar-refractivity contribution in [2.45, 2.75) is 13.5 Å². The maximum Gasteiger partial charge on any atom is 0.251 e. The van der Waals surface area contributed by atoms with Crippen molar-refractivity contribution in [2.75, 3.05) is 25.5 Å². The van der Waals surface area contributed by atoms with Crippen molar-refractivity contribution in [3.63, 3.8) is 0 Å². The molecule has 1 heterocycles. The molecular weight excluding hydrogens is 488 g/mol. The average Bonchev–Trinajstić information content (AvgIpc) is 3.40. The Kier molecular flexibility index (Phi) is 10.2. The molecule has 0 aliphatic rings. The molecule has 0 unspecified atom stereocenters. The van der Waals surface area contributed by atoms with Crippen LogP contribution < -0.4 is 21.1 Å². The van der Waals surface area contributed by atoms with E-state index in [1.807, 2.05) is 19.1 Å². The summed E-state index contributed by atoms with van der Waals surface area (Å²) in [5.41, 5.74) is 7.89. The minimum atomic E-state index is -0.231. The average molecular weight is 519 g/mol. The first-order valence-corrected chi connectivity index (χ1v) is 12.4. The van der Waals surface area contributed by atoms with Crippen molar-refractivity contribution in [3.8, 4) is 11.5 Å². The van der Waals surface area contributed by atoms with Crippen molar-refractivity contribution < 1.29 is 19.1 Å². The van der Waals surface area contributed by atoms with Crippen LogP contribution in [-0.2, 0) is 11.3 Å². The molecule has 1 aromatic heterocycles. The molecule has 4 N–H and O–H groups in total.